The Morgan fingerprint density at radius 2 is 1.96 bits per heavy atom. The van der Waals surface area contributed by atoms with Gasteiger partial charge in [-0.1, -0.05) is 12.1 Å². The van der Waals surface area contributed by atoms with E-state index in [1.165, 1.54) is 18.2 Å². The molecule has 0 saturated carbocycles. The Labute approximate surface area is 141 Å². The molecule has 1 fully saturated rings. The molecule has 1 saturated heterocycles. The predicted molar refractivity (Wildman–Crippen MR) is 84.6 cm³/mol. The first kappa shape index (κ1) is 17.5. The Kier molecular flexibility index (Phi) is 5.19. The lowest BCUT2D eigenvalue weighted by molar-refractivity contribution is -0.384. The number of rotatable bonds is 6. The van der Waals surface area contributed by atoms with Gasteiger partial charge in [-0.3, -0.25) is 34.3 Å². The van der Waals surface area contributed by atoms with E-state index < -0.39 is 29.3 Å². The van der Waals surface area contributed by atoms with Crippen molar-refractivity contribution >= 4 is 40.8 Å². The third-order valence-electron chi connectivity index (χ3n) is 3.19. The van der Waals surface area contributed by atoms with Crippen molar-refractivity contribution in [2.75, 3.05) is 13.2 Å². The van der Waals surface area contributed by atoms with Gasteiger partial charge in [0.2, 0.25) is 0 Å². The second-order valence-corrected chi connectivity index (χ2v) is 5.16. The van der Waals surface area contributed by atoms with Gasteiger partial charge in [0.1, 0.15) is 6.54 Å². The van der Waals surface area contributed by atoms with Gasteiger partial charge in [-0.05, 0) is 24.7 Å². The Morgan fingerprint density at radius 3 is 2.58 bits per heavy atom. The monoisotopic (exact) mass is 351 g/mol. The molecule has 0 spiro atoms. The zero-order valence-corrected chi connectivity index (χ0v) is 13.4. The van der Waals surface area contributed by atoms with Gasteiger partial charge in [-0.25, -0.2) is 0 Å². The van der Waals surface area contributed by atoms with Crippen LogP contribution in [0.2, 0.25) is 0 Å². The van der Waals surface area contributed by atoms with Gasteiger partial charge in [0, 0.05) is 12.1 Å². The van der Waals surface area contributed by atoms with Crippen LogP contribution in [0.4, 0.5) is 5.69 Å². The number of carbonyl (C=O) groups is 3. The van der Waals surface area contributed by atoms with Crippen LogP contribution >= 0.6 is 12.2 Å². The molecule has 1 aliphatic heterocycles. The van der Waals surface area contributed by atoms with Crippen molar-refractivity contribution in [3.63, 3.8) is 0 Å². The second kappa shape index (κ2) is 7.13. The lowest BCUT2D eigenvalue weighted by atomic mass is 10.2. The lowest BCUT2D eigenvalue weighted by Crippen LogP contribution is -2.37. The molecule has 0 N–H and O–H groups in total. The van der Waals surface area contributed by atoms with Crippen molar-refractivity contribution < 1.29 is 24.0 Å². The molecule has 2 amide bonds. The SMILES string of the molecule is CCOC(=O)CN1C(=O)C(=O)N(Cc2cccc([N+](=O)[O-])c2)C1=S. The minimum Gasteiger partial charge on any atom is -0.465 e. The molecule has 24 heavy (non-hydrogen) atoms. The number of hydrogen-bond donors (Lipinski definition) is 0. The molecule has 0 unspecified atom stereocenters. The normalized spacial score (nSPS) is 14.3. The van der Waals surface area contributed by atoms with Crippen molar-refractivity contribution in [3.8, 4) is 0 Å². The maximum atomic E-state index is 12.0. The standard InChI is InChI=1S/C14H13N3O6S/c1-2-23-11(18)8-16-13(20)12(19)15(14(16)24)7-9-4-3-5-10(6-9)17(21)22/h3-6H,2,7-8H2,1H3. The van der Waals surface area contributed by atoms with Crippen LogP contribution in [0.15, 0.2) is 24.3 Å². The summed E-state index contributed by atoms with van der Waals surface area (Å²) in [7, 11) is 0. The van der Waals surface area contributed by atoms with Crippen LogP contribution in [0.1, 0.15) is 12.5 Å². The fourth-order valence-corrected chi connectivity index (χ4v) is 2.41. The van der Waals surface area contributed by atoms with Gasteiger partial charge in [-0.15, -0.1) is 0 Å². The van der Waals surface area contributed by atoms with Crippen LogP contribution in [-0.4, -0.2) is 50.8 Å². The highest BCUT2D eigenvalue weighted by atomic mass is 32.1. The van der Waals surface area contributed by atoms with E-state index in [0.717, 1.165) is 9.80 Å². The first-order chi connectivity index (χ1) is 11.3. The van der Waals surface area contributed by atoms with Crippen molar-refractivity contribution in [2.24, 2.45) is 0 Å². The minimum absolute atomic E-state index is 0.107. The zero-order valence-electron chi connectivity index (χ0n) is 12.6. The van der Waals surface area contributed by atoms with Crippen molar-refractivity contribution in [2.45, 2.75) is 13.5 Å². The molecule has 0 atom stereocenters. The number of ether oxygens (including phenoxy) is 1. The average molecular weight is 351 g/mol. The van der Waals surface area contributed by atoms with Crippen LogP contribution in [0, 0.1) is 10.1 Å². The van der Waals surface area contributed by atoms with Crippen LogP contribution in [0.5, 0.6) is 0 Å². The molecule has 0 radical (unpaired) electrons. The molecular formula is C14H13N3O6S. The quantitative estimate of drug-likeness (QED) is 0.243. The largest absolute Gasteiger partial charge is 0.465 e. The molecule has 1 aromatic carbocycles. The zero-order chi connectivity index (χ0) is 17.9. The molecule has 1 aromatic rings. The molecular weight excluding hydrogens is 338 g/mol. The van der Waals surface area contributed by atoms with E-state index in [1.807, 2.05) is 0 Å². The summed E-state index contributed by atoms with van der Waals surface area (Å²) in [6.07, 6.45) is 0. The fourth-order valence-electron chi connectivity index (χ4n) is 2.12. The summed E-state index contributed by atoms with van der Waals surface area (Å²) in [5, 5.41) is 10.7. The van der Waals surface area contributed by atoms with E-state index in [0.29, 0.717) is 5.56 Å². The Hall–Kier alpha value is -2.88. The average Bonchev–Trinajstić information content (AvgIpc) is 2.73. The van der Waals surface area contributed by atoms with Crippen LogP contribution < -0.4 is 0 Å². The molecule has 1 aliphatic rings. The van der Waals surface area contributed by atoms with Gasteiger partial charge < -0.3 is 4.74 Å². The number of benzene rings is 1. The van der Waals surface area contributed by atoms with Crippen molar-refractivity contribution in [1.82, 2.24) is 9.80 Å². The highest BCUT2D eigenvalue weighted by Crippen LogP contribution is 2.19. The number of thiocarbonyl (C=S) groups is 1. The Balaban J connectivity index is 2.16. The van der Waals surface area contributed by atoms with Crippen LogP contribution in [0.25, 0.3) is 0 Å². The Bertz CT molecular complexity index is 735. The summed E-state index contributed by atoms with van der Waals surface area (Å²) in [6, 6.07) is 5.64. The molecule has 2 rings (SSSR count). The van der Waals surface area contributed by atoms with Gasteiger partial charge in [0.15, 0.2) is 5.11 Å². The van der Waals surface area contributed by atoms with Crippen LogP contribution in [-0.2, 0) is 25.7 Å². The van der Waals surface area contributed by atoms with E-state index in [2.05, 4.69) is 0 Å². The van der Waals surface area contributed by atoms with Gasteiger partial charge in [-0.2, -0.15) is 0 Å². The highest BCUT2D eigenvalue weighted by Gasteiger charge is 2.42. The molecule has 9 nitrogen and oxygen atoms in total. The highest BCUT2D eigenvalue weighted by molar-refractivity contribution is 7.80. The molecule has 0 aliphatic carbocycles. The van der Waals surface area contributed by atoms with E-state index in [-0.39, 0.29) is 24.0 Å². The van der Waals surface area contributed by atoms with Crippen molar-refractivity contribution in [3.05, 3.63) is 39.9 Å². The number of amides is 2. The number of carbonyl (C=O) groups excluding carboxylic acids is 3. The van der Waals surface area contributed by atoms with E-state index >= 15 is 0 Å². The first-order valence-corrected chi connectivity index (χ1v) is 7.32. The van der Waals surface area contributed by atoms with Crippen molar-refractivity contribution in [1.29, 1.82) is 0 Å². The number of esters is 1. The molecule has 0 aromatic heterocycles. The first-order valence-electron chi connectivity index (χ1n) is 6.91. The molecule has 1 heterocycles. The summed E-state index contributed by atoms with van der Waals surface area (Å²) >= 11 is 5.07. The topological polar surface area (TPSA) is 110 Å². The van der Waals surface area contributed by atoms with E-state index in [9.17, 15) is 24.5 Å². The predicted octanol–water partition coefficient (Wildman–Crippen LogP) is 0.614. The summed E-state index contributed by atoms with van der Waals surface area (Å²) in [6.45, 7) is 1.19. The third kappa shape index (κ3) is 3.54. The number of nitrogens with zero attached hydrogens (tertiary/aromatic N) is 3. The van der Waals surface area contributed by atoms with Gasteiger partial charge >= 0.3 is 17.8 Å². The summed E-state index contributed by atoms with van der Waals surface area (Å²) in [5.74, 6) is -2.51. The lowest BCUT2D eigenvalue weighted by Gasteiger charge is -2.17. The fraction of sp³-hybridized carbons (Fsp3) is 0.286. The molecule has 126 valence electrons. The van der Waals surface area contributed by atoms with Crippen LogP contribution in [0.3, 0.4) is 0 Å². The molecule has 0 bridgehead atoms. The smallest absolute Gasteiger partial charge is 0.326 e. The third-order valence-corrected chi connectivity index (χ3v) is 3.63. The second-order valence-electron chi connectivity index (χ2n) is 4.80. The van der Waals surface area contributed by atoms with Gasteiger partial charge in [0.25, 0.3) is 5.69 Å². The molecule has 10 heteroatoms. The number of hydrogen-bond acceptors (Lipinski definition) is 7. The maximum absolute atomic E-state index is 12.0. The summed E-state index contributed by atoms with van der Waals surface area (Å²) in [4.78, 5) is 47.6. The summed E-state index contributed by atoms with van der Waals surface area (Å²) < 4.78 is 4.73. The van der Waals surface area contributed by atoms with Gasteiger partial charge in [0.05, 0.1) is 18.1 Å². The minimum atomic E-state index is -0.932. The maximum Gasteiger partial charge on any atom is 0.326 e. The van der Waals surface area contributed by atoms with E-state index in [4.69, 9.17) is 17.0 Å². The number of non-ortho nitro benzene ring substituents is 1. The number of nitro groups is 1. The van der Waals surface area contributed by atoms with E-state index in [1.54, 1.807) is 13.0 Å². The Morgan fingerprint density at radius 1 is 1.29 bits per heavy atom. The number of nitro benzene ring substituents is 1. The summed E-state index contributed by atoms with van der Waals surface area (Å²) in [5.41, 5.74) is 0.297.